The van der Waals surface area contributed by atoms with Gasteiger partial charge in [0.15, 0.2) is 22.9 Å². The maximum Gasteiger partial charge on any atom is 0.245 e. The Morgan fingerprint density at radius 2 is 1.76 bits per heavy atom. The van der Waals surface area contributed by atoms with E-state index in [0.29, 0.717) is 42.9 Å². The van der Waals surface area contributed by atoms with Crippen LogP contribution in [-0.4, -0.2) is 86.6 Å². The van der Waals surface area contributed by atoms with E-state index in [0.717, 1.165) is 11.1 Å². The molecule has 2 amide bonds. The maximum atomic E-state index is 13.1. The number of rotatable bonds is 13. The monoisotopic (exact) mass is 522 g/mol. The summed E-state index contributed by atoms with van der Waals surface area (Å²) in [5.74, 6) is -0.275. The zero-order valence-electron chi connectivity index (χ0n) is 22.1. The zero-order valence-corrected chi connectivity index (χ0v) is 22.1. The molecule has 0 spiro atoms. The van der Waals surface area contributed by atoms with E-state index >= 15 is 0 Å². The summed E-state index contributed by atoms with van der Waals surface area (Å²) in [5.41, 5.74) is 0.536. The van der Waals surface area contributed by atoms with Crippen LogP contribution in [0.25, 0.3) is 0 Å². The molecular formula is C26H38N2O9. The molecule has 1 aliphatic heterocycles. The number of ether oxygens (including phenoxy) is 4. The van der Waals surface area contributed by atoms with E-state index in [1.165, 1.54) is 14.2 Å². The van der Waals surface area contributed by atoms with E-state index in [4.69, 9.17) is 18.9 Å². The van der Waals surface area contributed by atoms with Crippen molar-refractivity contribution in [2.24, 2.45) is 11.8 Å². The molecule has 4 N–H and O–H groups in total. The number of methoxy groups -OCH3 is 3. The summed E-state index contributed by atoms with van der Waals surface area (Å²) in [6.45, 7) is 2.79. The van der Waals surface area contributed by atoms with Gasteiger partial charge in [-0.3, -0.25) is 14.4 Å². The van der Waals surface area contributed by atoms with E-state index < -0.39 is 48.5 Å². The summed E-state index contributed by atoms with van der Waals surface area (Å²) < 4.78 is 21.6. The van der Waals surface area contributed by atoms with E-state index in [2.05, 4.69) is 10.6 Å². The van der Waals surface area contributed by atoms with Crippen LogP contribution in [0.2, 0.25) is 0 Å². The number of benzene rings is 1. The number of hydrogen-bond acceptors (Lipinski definition) is 9. The number of epoxide rings is 1. The van der Waals surface area contributed by atoms with E-state index in [9.17, 15) is 24.6 Å². The number of hydrogen-bond donors (Lipinski definition) is 4. The molecule has 3 unspecified atom stereocenters. The number of carbonyl (C=O) groups excluding carboxylic acids is 3. The molecule has 1 aromatic carbocycles. The number of amides is 2. The van der Waals surface area contributed by atoms with Crippen molar-refractivity contribution >= 4 is 17.6 Å². The second-order valence-electron chi connectivity index (χ2n) is 9.96. The number of carbonyl (C=O) groups is 3. The minimum absolute atomic E-state index is 0.0702. The number of fused-ring (bicyclic) bond motifs is 1. The highest BCUT2D eigenvalue weighted by molar-refractivity contribution is 5.98. The number of Topliss-reactive ketones (excluding diaryl/α,β-unsaturated/α-hetero) is 1. The SMILES string of the molecule is COc1cc2c(c(OC)c1OC)CCC(C(=O)NC(CO)C(=O)NC(CC(C)C)C(=O)[C@@]1(CO)CO1)C2. The summed E-state index contributed by atoms with van der Waals surface area (Å²) in [7, 11) is 4.61. The highest BCUT2D eigenvalue weighted by atomic mass is 16.6. The van der Waals surface area contributed by atoms with Gasteiger partial charge in [0.1, 0.15) is 6.04 Å². The molecule has 0 bridgehead atoms. The highest BCUT2D eigenvalue weighted by Gasteiger charge is 2.54. The van der Waals surface area contributed by atoms with Crippen LogP contribution < -0.4 is 24.8 Å². The molecule has 1 aliphatic carbocycles. The van der Waals surface area contributed by atoms with Gasteiger partial charge in [-0.2, -0.15) is 0 Å². The van der Waals surface area contributed by atoms with Crippen LogP contribution in [0.4, 0.5) is 0 Å². The molecule has 1 aromatic rings. The Hall–Kier alpha value is -2.89. The summed E-state index contributed by atoms with van der Waals surface area (Å²) in [6, 6.07) is -0.322. The number of ketones is 1. The number of nitrogens with one attached hydrogen (secondary N) is 2. The first kappa shape index (κ1) is 28.7. The van der Waals surface area contributed by atoms with Crippen LogP contribution in [0.3, 0.4) is 0 Å². The molecule has 1 fully saturated rings. The molecule has 1 heterocycles. The Kier molecular flexibility index (Phi) is 9.38. The Labute approximate surface area is 216 Å². The van der Waals surface area contributed by atoms with Crippen molar-refractivity contribution in [2.45, 2.75) is 57.2 Å². The van der Waals surface area contributed by atoms with Crippen LogP contribution >= 0.6 is 0 Å². The summed E-state index contributed by atoms with van der Waals surface area (Å²) in [6.07, 6.45) is 1.78. The molecule has 0 aromatic heterocycles. The van der Waals surface area contributed by atoms with Crippen molar-refractivity contribution in [1.29, 1.82) is 0 Å². The second kappa shape index (κ2) is 12.1. The molecule has 0 saturated carbocycles. The molecule has 206 valence electrons. The molecule has 0 radical (unpaired) electrons. The fourth-order valence-corrected chi connectivity index (χ4v) is 4.81. The zero-order chi connectivity index (χ0) is 27.3. The maximum absolute atomic E-state index is 13.1. The van der Waals surface area contributed by atoms with Gasteiger partial charge in [-0.25, -0.2) is 0 Å². The molecule has 1 saturated heterocycles. The smallest absolute Gasteiger partial charge is 0.245 e. The molecule has 11 nitrogen and oxygen atoms in total. The van der Waals surface area contributed by atoms with Crippen LogP contribution in [-0.2, 0) is 32.0 Å². The van der Waals surface area contributed by atoms with Gasteiger partial charge >= 0.3 is 0 Å². The lowest BCUT2D eigenvalue weighted by Gasteiger charge is -2.29. The minimum Gasteiger partial charge on any atom is -0.493 e. The van der Waals surface area contributed by atoms with Crippen molar-refractivity contribution in [2.75, 3.05) is 41.2 Å². The van der Waals surface area contributed by atoms with E-state index in [1.54, 1.807) is 7.11 Å². The van der Waals surface area contributed by atoms with Crippen molar-refractivity contribution in [3.8, 4) is 17.2 Å². The van der Waals surface area contributed by atoms with Crippen molar-refractivity contribution in [3.63, 3.8) is 0 Å². The molecule has 11 heteroatoms. The minimum atomic E-state index is -1.29. The Bertz CT molecular complexity index is 1010. The third kappa shape index (κ3) is 6.16. The molecule has 4 atom stereocenters. The molecule has 37 heavy (non-hydrogen) atoms. The largest absolute Gasteiger partial charge is 0.493 e. The highest BCUT2D eigenvalue weighted by Crippen LogP contribution is 2.45. The van der Waals surface area contributed by atoms with E-state index in [1.807, 2.05) is 19.9 Å². The first-order chi connectivity index (χ1) is 17.6. The lowest BCUT2D eigenvalue weighted by molar-refractivity contribution is -0.135. The van der Waals surface area contributed by atoms with Gasteiger partial charge in [0.2, 0.25) is 17.6 Å². The van der Waals surface area contributed by atoms with Gasteiger partial charge in [-0.1, -0.05) is 13.8 Å². The van der Waals surface area contributed by atoms with Gasteiger partial charge in [-0.15, -0.1) is 0 Å². The first-order valence-corrected chi connectivity index (χ1v) is 12.5. The lowest BCUT2D eigenvalue weighted by atomic mass is 9.82. The lowest BCUT2D eigenvalue weighted by Crippen LogP contribution is -2.56. The van der Waals surface area contributed by atoms with Gasteiger partial charge in [0.25, 0.3) is 0 Å². The summed E-state index contributed by atoms with van der Waals surface area (Å²) >= 11 is 0. The normalized spacial score (nSPS) is 21.9. The Morgan fingerprint density at radius 1 is 1.08 bits per heavy atom. The summed E-state index contributed by atoms with van der Waals surface area (Å²) in [5, 5.41) is 24.7. The average Bonchev–Trinajstić information content (AvgIpc) is 3.70. The van der Waals surface area contributed by atoms with Crippen molar-refractivity contribution in [1.82, 2.24) is 10.6 Å². The van der Waals surface area contributed by atoms with Crippen molar-refractivity contribution < 1.29 is 43.5 Å². The Morgan fingerprint density at radius 3 is 2.27 bits per heavy atom. The Balaban J connectivity index is 1.70. The van der Waals surface area contributed by atoms with Gasteiger partial charge in [0.05, 0.1) is 47.2 Å². The van der Waals surface area contributed by atoms with Crippen LogP contribution in [0, 0.1) is 11.8 Å². The van der Waals surface area contributed by atoms with E-state index in [-0.39, 0.29) is 18.4 Å². The summed E-state index contributed by atoms with van der Waals surface area (Å²) in [4.78, 5) is 39.0. The molecule has 2 aliphatic rings. The topological polar surface area (TPSA) is 156 Å². The molecule has 3 rings (SSSR count). The standard InChI is InChI=1S/C26H38N2O9/c1-14(2)8-18(23(31)26(12-30)13-37-26)27-25(33)19(11-29)28-24(32)15-6-7-17-16(9-15)10-20(34-3)22(36-5)21(17)35-4/h10,14-15,18-19,29-30H,6-9,11-13H2,1-5H3,(H,27,33)(H,28,32)/t15?,18?,19?,26-/m1/s1. The van der Waals surface area contributed by atoms with Gasteiger partial charge in [0, 0.05) is 11.5 Å². The van der Waals surface area contributed by atoms with Crippen LogP contribution in [0.5, 0.6) is 17.2 Å². The van der Waals surface area contributed by atoms with Gasteiger partial charge < -0.3 is 39.8 Å². The van der Waals surface area contributed by atoms with Gasteiger partial charge in [-0.05, 0) is 43.2 Å². The second-order valence-corrected chi connectivity index (χ2v) is 9.96. The first-order valence-electron chi connectivity index (χ1n) is 12.5. The third-order valence-corrected chi connectivity index (χ3v) is 6.96. The predicted octanol–water partition coefficient (Wildman–Crippen LogP) is 0.156. The van der Waals surface area contributed by atoms with Crippen LogP contribution in [0.1, 0.15) is 37.8 Å². The van der Waals surface area contributed by atoms with Crippen molar-refractivity contribution in [3.05, 3.63) is 17.2 Å². The number of aliphatic hydroxyl groups excluding tert-OH is 2. The van der Waals surface area contributed by atoms with Crippen LogP contribution in [0.15, 0.2) is 6.07 Å². The number of aliphatic hydroxyl groups is 2. The molecular weight excluding hydrogens is 484 g/mol. The average molecular weight is 523 g/mol. The predicted molar refractivity (Wildman–Crippen MR) is 133 cm³/mol. The quantitative estimate of drug-likeness (QED) is 0.265. The fraction of sp³-hybridized carbons (Fsp3) is 0.654. The third-order valence-electron chi connectivity index (χ3n) is 6.96. The fourth-order valence-electron chi connectivity index (χ4n) is 4.81.